The molecule has 4 heteroatoms. The monoisotopic (exact) mass is 266 g/mol. The van der Waals surface area contributed by atoms with Crippen molar-refractivity contribution in [3.63, 3.8) is 0 Å². The van der Waals surface area contributed by atoms with Crippen molar-refractivity contribution in [2.75, 3.05) is 19.8 Å². The molecule has 1 aromatic carbocycles. The fourth-order valence-electron chi connectivity index (χ4n) is 1.37. The van der Waals surface area contributed by atoms with E-state index >= 15 is 0 Å². The molecule has 100 valence electrons. The van der Waals surface area contributed by atoms with Crippen LogP contribution in [0.5, 0.6) is 0 Å². The summed E-state index contributed by atoms with van der Waals surface area (Å²) in [6, 6.07) is 8.70. The molecule has 0 aliphatic heterocycles. The molecule has 3 nitrogen and oxygen atoms in total. The first-order chi connectivity index (χ1) is 8.50. The van der Waals surface area contributed by atoms with E-state index in [1.54, 1.807) is 30.8 Å². The first-order valence-corrected chi connectivity index (χ1v) is 7.13. The molecule has 0 unspecified atom stereocenters. The van der Waals surface area contributed by atoms with Crippen LogP contribution in [-0.2, 0) is 11.3 Å². The maximum absolute atomic E-state index is 11.6. The number of thioether (sulfide) groups is 1. The Morgan fingerprint density at radius 3 is 2.61 bits per heavy atom. The Morgan fingerprint density at radius 2 is 2.00 bits per heavy atom. The molecule has 0 aliphatic carbocycles. The third kappa shape index (κ3) is 5.10. The van der Waals surface area contributed by atoms with Crippen LogP contribution in [0.4, 0.5) is 0 Å². The highest BCUT2D eigenvalue weighted by molar-refractivity contribution is 8.00. The molecule has 0 saturated heterocycles. The zero-order valence-corrected chi connectivity index (χ0v) is 12.4. The normalized spacial score (nSPS) is 10.7. The van der Waals surface area contributed by atoms with Gasteiger partial charge in [-0.1, -0.05) is 32.0 Å². The molecule has 1 N–H and O–H groups in total. The van der Waals surface area contributed by atoms with Gasteiger partial charge in [-0.05, 0) is 11.6 Å². The van der Waals surface area contributed by atoms with Gasteiger partial charge in [-0.3, -0.25) is 4.79 Å². The van der Waals surface area contributed by atoms with E-state index in [0.29, 0.717) is 11.8 Å². The summed E-state index contributed by atoms with van der Waals surface area (Å²) in [6.45, 7) is 5.10. The molecule has 0 aromatic heterocycles. The highest BCUT2D eigenvalue weighted by atomic mass is 32.2. The molecule has 0 aliphatic rings. The second-order valence-electron chi connectivity index (χ2n) is 4.72. The predicted molar refractivity (Wildman–Crippen MR) is 77.8 cm³/mol. The van der Waals surface area contributed by atoms with E-state index in [1.165, 1.54) is 10.5 Å². The van der Waals surface area contributed by atoms with Crippen molar-refractivity contribution in [3.8, 4) is 0 Å². The summed E-state index contributed by atoms with van der Waals surface area (Å²) in [4.78, 5) is 14.4. The summed E-state index contributed by atoms with van der Waals surface area (Å²) in [5.74, 6) is 0.637. The van der Waals surface area contributed by atoms with Crippen molar-refractivity contribution < 1.29 is 4.79 Å². The van der Waals surface area contributed by atoms with Gasteiger partial charge in [0.1, 0.15) is 0 Å². The Kier molecular flexibility index (Phi) is 6.22. The van der Waals surface area contributed by atoms with E-state index in [2.05, 4.69) is 31.3 Å². The second-order valence-corrected chi connectivity index (χ2v) is 5.74. The Bertz CT molecular complexity index is 391. The van der Waals surface area contributed by atoms with Crippen LogP contribution in [0.15, 0.2) is 29.2 Å². The van der Waals surface area contributed by atoms with E-state index < -0.39 is 0 Å². The minimum absolute atomic E-state index is 0.145. The van der Waals surface area contributed by atoms with Crippen molar-refractivity contribution in [1.82, 2.24) is 10.2 Å². The van der Waals surface area contributed by atoms with Gasteiger partial charge >= 0.3 is 0 Å². The third-order valence-electron chi connectivity index (χ3n) is 2.52. The van der Waals surface area contributed by atoms with Crippen LogP contribution in [0.3, 0.4) is 0 Å². The van der Waals surface area contributed by atoms with E-state index in [9.17, 15) is 4.79 Å². The van der Waals surface area contributed by atoms with Gasteiger partial charge < -0.3 is 10.2 Å². The summed E-state index contributed by atoms with van der Waals surface area (Å²) < 4.78 is 0. The quantitative estimate of drug-likeness (QED) is 0.802. The van der Waals surface area contributed by atoms with E-state index in [0.717, 1.165) is 6.54 Å². The van der Waals surface area contributed by atoms with Gasteiger partial charge in [0.15, 0.2) is 0 Å². The first-order valence-electron chi connectivity index (χ1n) is 6.15. The van der Waals surface area contributed by atoms with Crippen LogP contribution in [0, 0.1) is 0 Å². The lowest BCUT2D eigenvalue weighted by molar-refractivity contribution is -0.125. The summed E-state index contributed by atoms with van der Waals surface area (Å²) >= 11 is 1.60. The molecule has 0 atom stereocenters. The molecule has 0 radical (unpaired) electrons. The molecule has 0 spiro atoms. The lowest BCUT2D eigenvalue weighted by atomic mass is 10.2. The van der Waals surface area contributed by atoms with Crippen molar-refractivity contribution in [2.24, 2.45) is 0 Å². The number of carbonyl (C=O) groups excluding carboxylic acids is 1. The number of nitrogens with zero attached hydrogens (tertiary/aromatic N) is 1. The van der Waals surface area contributed by atoms with Gasteiger partial charge in [0.25, 0.3) is 0 Å². The first kappa shape index (κ1) is 15.1. The Hall–Kier alpha value is -1.00. The summed E-state index contributed by atoms with van der Waals surface area (Å²) in [5.41, 5.74) is 1.25. The van der Waals surface area contributed by atoms with Crippen molar-refractivity contribution in [2.45, 2.75) is 31.3 Å². The topological polar surface area (TPSA) is 32.3 Å². The predicted octanol–water partition coefficient (Wildman–Crippen LogP) is 2.36. The highest BCUT2D eigenvalue weighted by Crippen LogP contribution is 2.22. The molecule has 1 aromatic rings. The van der Waals surface area contributed by atoms with Gasteiger partial charge in [0, 0.05) is 31.6 Å². The zero-order valence-electron chi connectivity index (χ0n) is 11.6. The van der Waals surface area contributed by atoms with Crippen LogP contribution in [0.25, 0.3) is 0 Å². The maximum Gasteiger partial charge on any atom is 0.232 e. The summed E-state index contributed by atoms with van der Waals surface area (Å²) in [6.07, 6.45) is 0. The standard InChI is InChI=1S/C14H22N2OS/c1-11(2)15-9-12-7-5-6-8-13(12)18-10-14(17)16(3)4/h5-8,11,15H,9-10H2,1-4H3. The van der Waals surface area contributed by atoms with Gasteiger partial charge in [-0.2, -0.15) is 0 Å². The van der Waals surface area contributed by atoms with Crippen LogP contribution < -0.4 is 5.32 Å². The van der Waals surface area contributed by atoms with Gasteiger partial charge in [-0.15, -0.1) is 11.8 Å². The van der Waals surface area contributed by atoms with Gasteiger partial charge in [-0.25, -0.2) is 0 Å². The molecule has 0 saturated carbocycles. The van der Waals surface area contributed by atoms with E-state index in [1.807, 2.05) is 12.1 Å². The van der Waals surface area contributed by atoms with Crippen molar-refractivity contribution in [1.29, 1.82) is 0 Å². The fourth-order valence-corrected chi connectivity index (χ4v) is 2.41. The molecular formula is C14H22N2OS. The molecule has 0 fully saturated rings. The minimum Gasteiger partial charge on any atom is -0.348 e. The van der Waals surface area contributed by atoms with Crippen LogP contribution >= 0.6 is 11.8 Å². The Morgan fingerprint density at radius 1 is 1.33 bits per heavy atom. The summed E-state index contributed by atoms with van der Waals surface area (Å²) in [7, 11) is 3.57. The minimum atomic E-state index is 0.145. The zero-order chi connectivity index (χ0) is 13.5. The molecule has 1 rings (SSSR count). The average molecular weight is 266 g/mol. The number of hydrogen-bond acceptors (Lipinski definition) is 3. The highest BCUT2D eigenvalue weighted by Gasteiger charge is 2.08. The number of rotatable bonds is 6. The molecule has 0 heterocycles. The maximum atomic E-state index is 11.6. The van der Waals surface area contributed by atoms with Crippen LogP contribution in [0.1, 0.15) is 19.4 Å². The number of carbonyl (C=O) groups is 1. The lowest BCUT2D eigenvalue weighted by Crippen LogP contribution is -2.24. The number of amides is 1. The van der Waals surface area contributed by atoms with E-state index in [4.69, 9.17) is 0 Å². The number of hydrogen-bond donors (Lipinski definition) is 1. The third-order valence-corrected chi connectivity index (χ3v) is 3.62. The Balaban J connectivity index is 2.61. The molecular weight excluding hydrogens is 244 g/mol. The molecule has 18 heavy (non-hydrogen) atoms. The van der Waals surface area contributed by atoms with Crippen molar-refractivity contribution >= 4 is 17.7 Å². The Labute approximate surface area is 114 Å². The molecule has 0 bridgehead atoms. The fraction of sp³-hybridized carbons (Fsp3) is 0.500. The molecule has 1 amide bonds. The van der Waals surface area contributed by atoms with Crippen LogP contribution in [-0.4, -0.2) is 36.7 Å². The number of nitrogens with one attached hydrogen (secondary N) is 1. The second kappa shape index (κ2) is 7.44. The van der Waals surface area contributed by atoms with Crippen molar-refractivity contribution in [3.05, 3.63) is 29.8 Å². The van der Waals surface area contributed by atoms with Gasteiger partial charge in [0.2, 0.25) is 5.91 Å². The lowest BCUT2D eigenvalue weighted by Gasteiger charge is -2.13. The van der Waals surface area contributed by atoms with Crippen LogP contribution in [0.2, 0.25) is 0 Å². The van der Waals surface area contributed by atoms with Gasteiger partial charge in [0.05, 0.1) is 5.75 Å². The smallest absolute Gasteiger partial charge is 0.232 e. The number of benzene rings is 1. The van der Waals surface area contributed by atoms with E-state index in [-0.39, 0.29) is 5.91 Å². The largest absolute Gasteiger partial charge is 0.348 e. The average Bonchev–Trinajstić information content (AvgIpc) is 2.34. The summed E-state index contributed by atoms with van der Waals surface area (Å²) in [5, 5.41) is 3.40. The SMILES string of the molecule is CC(C)NCc1ccccc1SCC(=O)N(C)C.